The molecule has 0 amide bonds. The highest BCUT2D eigenvalue weighted by Crippen LogP contribution is 2.46. The minimum atomic E-state index is -1.39. The maximum absolute atomic E-state index is 11.3. The fraction of sp³-hybridized carbons (Fsp3) is 0.364. The molecule has 1 saturated carbocycles. The molecule has 1 fully saturated rings. The van der Waals surface area contributed by atoms with Crippen LogP contribution >= 0.6 is 23.2 Å². The quantitative estimate of drug-likeness (QED) is 0.878. The van der Waals surface area contributed by atoms with Crippen molar-refractivity contribution in [2.45, 2.75) is 18.4 Å². The van der Waals surface area contributed by atoms with Gasteiger partial charge in [0.2, 0.25) is 0 Å². The number of aliphatic carboxylic acids is 1. The zero-order chi connectivity index (χ0) is 11.9. The molecule has 5 heteroatoms. The van der Waals surface area contributed by atoms with E-state index in [1.54, 1.807) is 12.1 Å². The van der Waals surface area contributed by atoms with Crippen molar-refractivity contribution in [3.05, 3.63) is 33.8 Å². The van der Waals surface area contributed by atoms with Crippen molar-refractivity contribution in [2.75, 3.05) is 0 Å². The standard InChI is InChI=1S/C11H11Cl2NO2/c12-7-3-4-8(9(13)5-7)11(14,10(15)16)6-1-2-6/h3-6H,1-2,14H2,(H,15,16). The van der Waals surface area contributed by atoms with Crippen LogP contribution in [0.4, 0.5) is 0 Å². The summed E-state index contributed by atoms with van der Waals surface area (Å²) in [5.41, 5.74) is 5.04. The predicted octanol–water partition coefficient (Wildman–Crippen LogP) is 2.64. The minimum Gasteiger partial charge on any atom is -0.480 e. The first-order chi connectivity index (χ1) is 7.46. The maximum atomic E-state index is 11.3. The Balaban J connectivity index is 2.51. The number of hydrogen-bond acceptors (Lipinski definition) is 2. The second kappa shape index (κ2) is 3.91. The van der Waals surface area contributed by atoms with Crippen molar-refractivity contribution in [1.29, 1.82) is 0 Å². The van der Waals surface area contributed by atoms with E-state index in [1.165, 1.54) is 6.07 Å². The van der Waals surface area contributed by atoms with Crippen LogP contribution in [0.15, 0.2) is 18.2 Å². The zero-order valence-electron chi connectivity index (χ0n) is 8.41. The number of rotatable bonds is 3. The van der Waals surface area contributed by atoms with Crippen molar-refractivity contribution in [1.82, 2.24) is 0 Å². The molecule has 0 aromatic heterocycles. The number of carbonyl (C=O) groups is 1. The first-order valence-electron chi connectivity index (χ1n) is 4.94. The van der Waals surface area contributed by atoms with Gasteiger partial charge in [-0.2, -0.15) is 0 Å². The Morgan fingerprint density at radius 2 is 2.06 bits per heavy atom. The molecule has 0 saturated heterocycles. The molecule has 1 atom stereocenters. The first-order valence-corrected chi connectivity index (χ1v) is 5.69. The smallest absolute Gasteiger partial charge is 0.328 e. The highest BCUT2D eigenvalue weighted by molar-refractivity contribution is 6.35. The molecule has 0 aliphatic heterocycles. The first kappa shape index (κ1) is 11.7. The molecule has 1 aromatic carbocycles. The van der Waals surface area contributed by atoms with Gasteiger partial charge in [0.25, 0.3) is 0 Å². The third-order valence-corrected chi connectivity index (χ3v) is 3.50. The Morgan fingerprint density at radius 1 is 1.44 bits per heavy atom. The number of carboxylic acid groups (broad SMARTS) is 1. The second-order valence-corrected chi connectivity index (χ2v) is 4.92. The Hall–Kier alpha value is -0.770. The highest BCUT2D eigenvalue weighted by atomic mass is 35.5. The van der Waals surface area contributed by atoms with Crippen LogP contribution in [-0.2, 0) is 10.3 Å². The molecule has 0 heterocycles. The third-order valence-electron chi connectivity index (χ3n) is 2.95. The van der Waals surface area contributed by atoms with Gasteiger partial charge in [-0.3, -0.25) is 0 Å². The van der Waals surface area contributed by atoms with Crippen LogP contribution in [0.2, 0.25) is 10.0 Å². The molecule has 0 spiro atoms. The van der Waals surface area contributed by atoms with Crippen LogP contribution in [0.25, 0.3) is 0 Å². The molecule has 1 aromatic rings. The monoisotopic (exact) mass is 259 g/mol. The Labute approximate surface area is 103 Å². The van der Waals surface area contributed by atoms with Crippen LogP contribution in [0.3, 0.4) is 0 Å². The number of nitrogens with two attached hydrogens (primary N) is 1. The summed E-state index contributed by atoms with van der Waals surface area (Å²) in [6.45, 7) is 0. The summed E-state index contributed by atoms with van der Waals surface area (Å²) >= 11 is 11.8. The third kappa shape index (κ3) is 1.79. The van der Waals surface area contributed by atoms with Gasteiger partial charge in [-0.1, -0.05) is 29.3 Å². The van der Waals surface area contributed by atoms with Gasteiger partial charge in [0, 0.05) is 15.6 Å². The topological polar surface area (TPSA) is 63.3 Å². The van der Waals surface area contributed by atoms with Gasteiger partial charge < -0.3 is 10.8 Å². The molecule has 3 nitrogen and oxygen atoms in total. The van der Waals surface area contributed by atoms with E-state index in [9.17, 15) is 9.90 Å². The molecule has 1 aliphatic rings. The van der Waals surface area contributed by atoms with Gasteiger partial charge in [-0.15, -0.1) is 0 Å². The van der Waals surface area contributed by atoms with Crippen LogP contribution < -0.4 is 5.73 Å². The fourth-order valence-corrected chi connectivity index (χ4v) is 2.44. The highest BCUT2D eigenvalue weighted by Gasteiger charge is 2.50. The normalized spacial score (nSPS) is 19.2. The molecular weight excluding hydrogens is 249 g/mol. The Kier molecular flexibility index (Phi) is 2.86. The maximum Gasteiger partial charge on any atom is 0.328 e. The SMILES string of the molecule is NC(C(=O)O)(c1ccc(Cl)cc1Cl)C1CC1. The predicted molar refractivity (Wildman–Crippen MR) is 62.7 cm³/mol. The van der Waals surface area contributed by atoms with Gasteiger partial charge in [0.1, 0.15) is 5.54 Å². The summed E-state index contributed by atoms with van der Waals surface area (Å²) < 4.78 is 0. The summed E-state index contributed by atoms with van der Waals surface area (Å²) in [6, 6.07) is 4.72. The van der Waals surface area contributed by atoms with Crippen molar-refractivity contribution in [3.63, 3.8) is 0 Å². The molecule has 86 valence electrons. The van der Waals surface area contributed by atoms with E-state index in [0.29, 0.717) is 15.6 Å². The van der Waals surface area contributed by atoms with Crippen LogP contribution in [0.1, 0.15) is 18.4 Å². The molecule has 1 unspecified atom stereocenters. The molecular formula is C11H11Cl2NO2. The second-order valence-electron chi connectivity index (χ2n) is 4.07. The van der Waals surface area contributed by atoms with Crippen molar-refractivity contribution in [3.8, 4) is 0 Å². The molecule has 3 N–H and O–H groups in total. The van der Waals surface area contributed by atoms with Gasteiger partial charge in [0.05, 0.1) is 0 Å². The largest absolute Gasteiger partial charge is 0.480 e. The van der Waals surface area contributed by atoms with E-state index >= 15 is 0 Å². The summed E-state index contributed by atoms with van der Waals surface area (Å²) in [5, 5.41) is 10.1. The van der Waals surface area contributed by atoms with Crippen molar-refractivity contribution in [2.24, 2.45) is 11.7 Å². The van der Waals surface area contributed by atoms with Crippen molar-refractivity contribution < 1.29 is 9.90 Å². The summed E-state index contributed by atoms with van der Waals surface area (Å²) in [5.74, 6) is -1.08. The van der Waals surface area contributed by atoms with Crippen LogP contribution in [0, 0.1) is 5.92 Å². The minimum absolute atomic E-state index is 0.0383. The molecule has 1 aliphatic carbocycles. The number of carboxylic acids is 1. The lowest BCUT2D eigenvalue weighted by Crippen LogP contribution is -2.47. The van der Waals surface area contributed by atoms with Crippen molar-refractivity contribution >= 4 is 29.2 Å². The Bertz CT molecular complexity index is 446. The molecule has 2 rings (SSSR count). The average molecular weight is 260 g/mol. The van der Waals surface area contributed by atoms with E-state index < -0.39 is 11.5 Å². The van der Waals surface area contributed by atoms with Gasteiger partial charge >= 0.3 is 5.97 Å². The van der Waals surface area contributed by atoms with E-state index in [1.807, 2.05) is 0 Å². The lowest BCUT2D eigenvalue weighted by Gasteiger charge is -2.26. The van der Waals surface area contributed by atoms with E-state index in [2.05, 4.69) is 0 Å². The zero-order valence-corrected chi connectivity index (χ0v) is 9.92. The van der Waals surface area contributed by atoms with Crippen LogP contribution in [0.5, 0.6) is 0 Å². The number of benzene rings is 1. The van der Waals surface area contributed by atoms with Gasteiger partial charge in [-0.25, -0.2) is 4.79 Å². The summed E-state index contributed by atoms with van der Waals surface area (Å²) in [4.78, 5) is 11.3. The van der Waals surface area contributed by atoms with E-state index in [-0.39, 0.29) is 5.92 Å². The Morgan fingerprint density at radius 3 is 2.50 bits per heavy atom. The summed E-state index contributed by atoms with van der Waals surface area (Å²) in [6.07, 6.45) is 1.64. The molecule has 0 bridgehead atoms. The van der Waals surface area contributed by atoms with Gasteiger partial charge in [0.15, 0.2) is 0 Å². The lowest BCUT2D eigenvalue weighted by atomic mass is 9.86. The fourth-order valence-electron chi connectivity index (χ4n) is 1.87. The number of halogens is 2. The number of hydrogen-bond donors (Lipinski definition) is 2. The summed E-state index contributed by atoms with van der Waals surface area (Å²) in [7, 11) is 0. The molecule has 16 heavy (non-hydrogen) atoms. The van der Waals surface area contributed by atoms with Gasteiger partial charge in [-0.05, 0) is 30.9 Å². The van der Waals surface area contributed by atoms with E-state index in [4.69, 9.17) is 28.9 Å². The average Bonchev–Trinajstić information content (AvgIpc) is 2.99. The lowest BCUT2D eigenvalue weighted by molar-refractivity contribution is -0.144. The van der Waals surface area contributed by atoms with E-state index in [0.717, 1.165) is 12.8 Å². The molecule has 0 radical (unpaired) electrons. The van der Waals surface area contributed by atoms with Crippen LogP contribution in [-0.4, -0.2) is 11.1 Å².